The molecule has 2 aromatic heterocycles. The highest BCUT2D eigenvalue weighted by atomic mass is 32.2. The van der Waals surface area contributed by atoms with Gasteiger partial charge in [0.25, 0.3) is 0 Å². The fourth-order valence-electron chi connectivity index (χ4n) is 2.42. The van der Waals surface area contributed by atoms with Crippen LogP contribution in [-0.4, -0.2) is 21.9 Å². The maximum Gasteiger partial charge on any atom is 0.238 e. The molecule has 0 saturated heterocycles. The molecule has 1 saturated carbocycles. The monoisotopic (exact) mass is 356 g/mol. The summed E-state index contributed by atoms with van der Waals surface area (Å²) in [5.41, 5.74) is 6.96. The van der Waals surface area contributed by atoms with Gasteiger partial charge in [0, 0.05) is 6.04 Å². The van der Waals surface area contributed by atoms with Crippen LogP contribution in [0.1, 0.15) is 23.7 Å². The van der Waals surface area contributed by atoms with Gasteiger partial charge in [-0.1, -0.05) is 42.1 Å². The Kier molecular flexibility index (Phi) is 4.12. The molecule has 1 atom stereocenters. The van der Waals surface area contributed by atoms with Gasteiger partial charge < -0.3 is 11.1 Å². The van der Waals surface area contributed by atoms with E-state index in [9.17, 15) is 4.79 Å². The summed E-state index contributed by atoms with van der Waals surface area (Å²) in [5, 5.41) is 6.03. The minimum absolute atomic E-state index is 0.00199. The lowest BCUT2D eigenvalue weighted by Gasteiger charge is -2.16. The first-order valence-electron chi connectivity index (χ1n) is 7.73. The smallest absolute Gasteiger partial charge is 0.238 e. The largest absolute Gasteiger partial charge is 0.383 e. The van der Waals surface area contributed by atoms with Gasteiger partial charge in [-0.05, 0) is 29.9 Å². The zero-order valence-electron chi connectivity index (χ0n) is 12.8. The Morgan fingerprint density at radius 3 is 2.79 bits per heavy atom. The molecular weight excluding hydrogens is 340 g/mol. The van der Waals surface area contributed by atoms with Crippen LogP contribution in [0.4, 0.5) is 5.82 Å². The maximum atomic E-state index is 12.7. The van der Waals surface area contributed by atoms with Crippen molar-refractivity contribution in [2.75, 3.05) is 5.73 Å². The summed E-state index contributed by atoms with van der Waals surface area (Å²) in [7, 11) is 0. The summed E-state index contributed by atoms with van der Waals surface area (Å²) in [6, 6.07) is 12.0. The van der Waals surface area contributed by atoms with Gasteiger partial charge in [0.2, 0.25) is 5.91 Å². The number of benzene rings is 1. The van der Waals surface area contributed by atoms with Crippen molar-refractivity contribution in [3.8, 4) is 0 Å². The lowest BCUT2D eigenvalue weighted by molar-refractivity contribution is -0.120. The number of fused-ring (bicyclic) bond motifs is 1. The fourth-order valence-corrected chi connectivity index (χ4v) is 4.23. The standard InChI is InChI=1S/C17H16N4OS2/c18-14-12-8-9-23-16(12)21-17(20-14)24-13(10-4-2-1-3-5-10)15(22)19-11-6-7-11/h1-5,8-9,11,13H,6-7H2,(H,19,22)(H2,18,20,21). The number of aromatic nitrogens is 2. The summed E-state index contributed by atoms with van der Waals surface area (Å²) in [6.45, 7) is 0. The van der Waals surface area contributed by atoms with Crippen LogP contribution >= 0.6 is 23.1 Å². The molecule has 3 aromatic rings. The van der Waals surface area contributed by atoms with Crippen LogP contribution in [0.25, 0.3) is 10.2 Å². The predicted octanol–water partition coefficient (Wildman–Crippen LogP) is 3.39. The molecule has 1 aliphatic carbocycles. The SMILES string of the molecule is Nc1nc(SC(C(=O)NC2CC2)c2ccccc2)nc2sccc12. The maximum absolute atomic E-state index is 12.7. The molecule has 0 spiro atoms. The third-order valence-corrected chi connectivity index (χ3v) is 5.74. The number of anilines is 1. The summed E-state index contributed by atoms with van der Waals surface area (Å²) in [5.74, 6) is 0.459. The van der Waals surface area contributed by atoms with Gasteiger partial charge in [-0.3, -0.25) is 4.79 Å². The number of carbonyl (C=O) groups is 1. The topological polar surface area (TPSA) is 80.9 Å². The van der Waals surface area contributed by atoms with Crippen molar-refractivity contribution in [3.05, 3.63) is 47.3 Å². The Hall–Kier alpha value is -2.12. The van der Waals surface area contributed by atoms with E-state index in [1.54, 1.807) is 0 Å². The second kappa shape index (κ2) is 6.41. The van der Waals surface area contributed by atoms with Gasteiger partial charge >= 0.3 is 0 Å². The molecule has 1 unspecified atom stereocenters. The number of thioether (sulfide) groups is 1. The zero-order valence-corrected chi connectivity index (χ0v) is 14.4. The van der Waals surface area contributed by atoms with E-state index < -0.39 is 0 Å². The van der Waals surface area contributed by atoms with Crippen molar-refractivity contribution < 1.29 is 4.79 Å². The Balaban J connectivity index is 1.65. The number of hydrogen-bond donors (Lipinski definition) is 2. The Morgan fingerprint density at radius 2 is 2.04 bits per heavy atom. The van der Waals surface area contributed by atoms with Crippen molar-refractivity contribution in [1.82, 2.24) is 15.3 Å². The fraction of sp³-hybridized carbons (Fsp3) is 0.235. The van der Waals surface area contributed by atoms with Gasteiger partial charge in [-0.25, -0.2) is 9.97 Å². The second-order valence-electron chi connectivity index (χ2n) is 5.72. The van der Waals surface area contributed by atoms with E-state index in [-0.39, 0.29) is 11.2 Å². The Labute approximate surface area is 147 Å². The Morgan fingerprint density at radius 1 is 1.25 bits per heavy atom. The average molecular weight is 356 g/mol. The number of amides is 1. The molecule has 1 aromatic carbocycles. The van der Waals surface area contributed by atoms with Crippen LogP contribution in [0.3, 0.4) is 0 Å². The molecule has 1 amide bonds. The zero-order chi connectivity index (χ0) is 16.5. The summed E-state index contributed by atoms with van der Waals surface area (Å²) < 4.78 is 0. The number of nitrogens with zero attached hydrogens (tertiary/aromatic N) is 2. The molecule has 2 heterocycles. The molecular formula is C17H16N4OS2. The molecule has 1 aliphatic rings. The number of carbonyl (C=O) groups excluding carboxylic acids is 1. The minimum Gasteiger partial charge on any atom is -0.383 e. The van der Waals surface area contributed by atoms with Gasteiger partial charge in [0.05, 0.1) is 5.39 Å². The van der Waals surface area contributed by atoms with Crippen molar-refractivity contribution >= 4 is 45.0 Å². The van der Waals surface area contributed by atoms with E-state index in [2.05, 4.69) is 15.3 Å². The van der Waals surface area contributed by atoms with Gasteiger partial charge in [-0.15, -0.1) is 11.3 Å². The lowest BCUT2D eigenvalue weighted by Crippen LogP contribution is -2.29. The van der Waals surface area contributed by atoms with Crippen molar-refractivity contribution in [2.24, 2.45) is 0 Å². The number of nitrogens with two attached hydrogens (primary N) is 1. The summed E-state index contributed by atoms with van der Waals surface area (Å²) >= 11 is 2.87. The highest BCUT2D eigenvalue weighted by Crippen LogP contribution is 2.36. The first-order valence-corrected chi connectivity index (χ1v) is 9.49. The van der Waals surface area contributed by atoms with E-state index in [0.717, 1.165) is 28.6 Å². The van der Waals surface area contributed by atoms with Crippen LogP contribution in [0.2, 0.25) is 0 Å². The van der Waals surface area contributed by atoms with Crippen LogP contribution < -0.4 is 11.1 Å². The van der Waals surface area contributed by atoms with Crippen LogP contribution in [-0.2, 0) is 4.79 Å². The Bertz CT molecular complexity index is 877. The predicted molar refractivity (Wildman–Crippen MR) is 98.0 cm³/mol. The molecule has 24 heavy (non-hydrogen) atoms. The summed E-state index contributed by atoms with van der Waals surface area (Å²) in [4.78, 5) is 22.4. The minimum atomic E-state index is -0.386. The average Bonchev–Trinajstić information content (AvgIpc) is 3.26. The molecule has 4 rings (SSSR count). The third-order valence-electron chi connectivity index (χ3n) is 3.82. The van der Waals surface area contributed by atoms with E-state index in [4.69, 9.17) is 5.73 Å². The van der Waals surface area contributed by atoms with Crippen molar-refractivity contribution in [3.63, 3.8) is 0 Å². The first kappa shape index (κ1) is 15.4. The third kappa shape index (κ3) is 3.22. The van der Waals surface area contributed by atoms with E-state index >= 15 is 0 Å². The van der Waals surface area contributed by atoms with Crippen LogP contribution in [0.5, 0.6) is 0 Å². The number of nitrogens with one attached hydrogen (secondary N) is 1. The highest BCUT2D eigenvalue weighted by molar-refractivity contribution is 8.00. The molecule has 5 nitrogen and oxygen atoms in total. The number of hydrogen-bond acceptors (Lipinski definition) is 6. The van der Waals surface area contributed by atoms with E-state index in [1.165, 1.54) is 23.1 Å². The van der Waals surface area contributed by atoms with E-state index in [1.807, 2.05) is 41.8 Å². The van der Waals surface area contributed by atoms with Crippen molar-refractivity contribution in [1.29, 1.82) is 0 Å². The van der Waals surface area contributed by atoms with Crippen LogP contribution in [0.15, 0.2) is 46.9 Å². The molecule has 1 fully saturated rings. The number of nitrogen functional groups attached to an aromatic ring is 1. The number of thiophene rings is 1. The van der Waals surface area contributed by atoms with Crippen LogP contribution in [0, 0.1) is 0 Å². The molecule has 0 bridgehead atoms. The molecule has 122 valence electrons. The first-order chi connectivity index (χ1) is 11.7. The van der Waals surface area contributed by atoms with Gasteiger partial charge in [0.15, 0.2) is 5.16 Å². The summed E-state index contributed by atoms with van der Waals surface area (Å²) in [6.07, 6.45) is 2.12. The molecule has 0 radical (unpaired) electrons. The quantitative estimate of drug-likeness (QED) is 0.541. The second-order valence-corrected chi connectivity index (χ2v) is 7.69. The molecule has 3 N–H and O–H groups in total. The molecule has 7 heteroatoms. The number of rotatable bonds is 5. The van der Waals surface area contributed by atoms with Crippen molar-refractivity contribution in [2.45, 2.75) is 29.3 Å². The van der Waals surface area contributed by atoms with Gasteiger partial charge in [-0.2, -0.15) is 0 Å². The van der Waals surface area contributed by atoms with Gasteiger partial charge in [0.1, 0.15) is 15.9 Å². The highest BCUT2D eigenvalue weighted by Gasteiger charge is 2.29. The molecule has 0 aliphatic heterocycles. The lowest BCUT2D eigenvalue weighted by atomic mass is 10.1. The van der Waals surface area contributed by atoms with E-state index in [0.29, 0.717) is 17.0 Å². The normalized spacial score (nSPS) is 15.3.